The van der Waals surface area contributed by atoms with Gasteiger partial charge in [-0.15, -0.1) is 11.6 Å². The van der Waals surface area contributed by atoms with Crippen molar-refractivity contribution in [2.24, 2.45) is 5.92 Å². The second kappa shape index (κ2) is 9.39. The van der Waals surface area contributed by atoms with Crippen LogP contribution in [-0.4, -0.2) is 31.1 Å². The van der Waals surface area contributed by atoms with Crippen LogP contribution in [0.5, 0.6) is 5.75 Å². The van der Waals surface area contributed by atoms with Gasteiger partial charge in [0.25, 0.3) is 0 Å². The Labute approximate surface area is 170 Å². The van der Waals surface area contributed by atoms with Gasteiger partial charge in [-0.3, -0.25) is 4.79 Å². The Kier molecular flexibility index (Phi) is 7.43. The molecule has 152 valence electrons. The van der Waals surface area contributed by atoms with Crippen LogP contribution in [-0.2, 0) is 21.5 Å². The van der Waals surface area contributed by atoms with Crippen LogP contribution in [0.2, 0.25) is 0 Å². The number of alkyl halides is 1. The first-order valence-electron chi connectivity index (χ1n) is 8.80. The molecule has 0 heterocycles. The molecule has 0 saturated heterocycles. The highest BCUT2D eigenvalue weighted by Crippen LogP contribution is 2.21. The van der Waals surface area contributed by atoms with Crippen LogP contribution in [0.25, 0.3) is 0 Å². The molecule has 5 nitrogen and oxygen atoms in total. The summed E-state index contributed by atoms with van der Waals surface area (Å²) in [5.74, 6) is -0.375. The smallest absolute Gasteiger partial charge is 0.339 e. The molecule has 2 rings (SSSR count). The van der Waals surface area contributed by atoms with E-state index in [1.807, 2.05) is 13.8 Å². The molecule has 8 heteroatoms. The normalized spacial score (nSPS) is 12.6. The topological polar surface area (TPSA) is 63.7 Å². The number of halogens is 2. The molecule has 0 spiro atoms. The van der Waals surface area contributed by atoms with Crippen molar-refractivity contribution in [2.45, 2.75) is 37.6 Å². The maximum absolute atomic E-state index is 13.0. The third kappa shape index (κ3) is 6.21. The lowest BCUT2D eigenvalue weighted by molar-refractivity contribution is -0.131. The van der Waals surface area contributed by atoms with Gasteiger partial charge in [-0.25, -0.2) is 4.39 Å². The fraction of sp³-hybridized carbons (Fsp3) is 0.350. The molecule has 0 aliphatic rings. The molecule has 2 aromatic rings. The van der Waals surface area contributed by atoms with E-state index < -0.39 is 21.3 Å². The Balaban J connectivity index is 2.20. The van der Waals surface area contributed by atoms with Crippen LogP contribution >= 0.6 is 11.6 Å². The molecule has 0 unspecified atom stereocenters. The van der Waals surface area contributed by atoms with Gasteiger partial charge in [-0.1, -0.05) is 26.0 Å². The third-order valence-corrected chi connectivity index (χ3v) is 5.27. The Morgan fingerprint density at radius 1 is 1.14 bits per heavy atom. The molecule has 0 N–H and O–H groups in total. The van der Waals surface area contributed by atoms with Crippen molar-refractivity contribution >= 4 is 27.6 Å². The third-order valence-electron chi connectivity index (χ3n) is 3.82. The number of hydrogen-bond acceptors (Lipinski definition) is 4. The van der Waals surface area contributed by atoms with Gasteiger partial charge in [0.05, 0.1) is 0 Å². The van der Waals surface area contributed by atoms with Crippen LogP contribution in [0.4, 0.5) is 4.39 Å². The highest BCUT2D eigenvalue weighted by atomic mass is 35.5. The number of amides is 1. The molecule has 0 aliphatic heterocycles. The predicted molar refractivity (Wildman–Crippen MR) is 106 cm³/mol. The summed E-state index contributed by atoms with van der Waals surface area (Å²) < 4.78 is 42.9. The lowest BCUT2D eigenvalue weighted by Crippen LogP contribution is -2.37. The largest absolute Gasteiger partial charge is 0.379 e. The summed E-state index contributed by atoms with van der Waals surface area (Å²) in [4.78, 5) is 13.8. The summed E-state index contributed by atoms with van der Waals surface area (Å²) in [7, 11) is -4.09. The Morgan fingerprint density at radius 3 is 2.36 bits per heavy atom. The van der Waals surface area contributed by atoms with Crippen LogP contribution in [0, 0.1) is 11.7 Å². The van der Waals surface area contributed by atoms with E-state index in [0.717, 1.165) is 24.3 Å². The molecule has 0 bridgehead atoms. The molecular weight excluding hydrogens is 405 g/mol. The Morgan fingerprint density at radius 2 is 1.79 bits per heavy atom. The monoisotopic (exact) mass is 427 g/mol. The summed E-state index contributed by atoms with van der Waals surface area (Å²) in [6, 6.07) is 10.9. The van der Waals surface area contributed by atoms with E-state index in [2.05, 4.69) is 0 Å². The first-order valence-corrected chi connectivity index (χ1v) is 10.6. The summed E-state index contributed by atoms with van der Waals surface area (Å²) in [6.45, 7) is 6.41. The van der Waals surface area contributed by atoms with Crippen molar-refractivity contribution in [3.05, 3.63) is 59.9 Å². The van der Waals surface area contributed by atoms with Crippen molar-refractivity contribution in [1.82, 2.24) is 4.90 Å². The highest BCUT2D eigenvalue weighted by molar-refractivity contribution is 7.87. The van der Waals surface area contributed by atoms with Gasteiger partial charge in [-0.2, -0.15) is 8.42 Å². The molecule has 1 atom stereocenters. The number of benzene rings is 2. The summed E-state index contributed by atoms with van der Waals surface area (Å²) in [5.41, 5.74) is 0.707. The van der Waals surface area contributed by atoms with Crippen LogP contribution in [0.1, 0.15) is 26.3 Å². The molecule has 0 saturated carbocycles. The maximum atomic E-state index is 13.0. The van der Waals surface area contributed by atoms with Gasteiger partial charge in [0.2, 0.25) is 5.91 Å². The van der Waals surface area contributed by atoms with Crippen LogP contribution in [0.3, 0.4) is 0 Å². The zero-order valence-corrected chi connectivity index (χ0v) is 17.5. The van der Waals surface area contributed by atoms with Gasteiger partial charge in [0.1, 0.15) is 21.8 Å². The summed E-state index contributed by atoms with van der Waals surface area (Å²) in [6.07, 6.45) is 0. The van der Waals surface area contributed by atoms with Gasteiger partial charge < -0.3 is 9.08 Å². The van der Waals surface area contributed by atoms with Gasteiger partial charge in [0.15, 0.2) is 0 Å². The molecule has 0 aromatic heterocycles. The molecule has 2 aromatic carbocycles. The zero-order chi connectivity index (χ0) is 20.9. The van der Waals surface area contributed by atoms with E-state index in [9.17, 15) is 17.6 Å². The van der Waals surface area contributed by atoms with E-state index in [1.165, 1.54) is 6.07 Å². The lowest BCUT2D eigenvalue weighted by Gasteiger charge is -2.26. The van der Waals surface area contributed by atoms with Crippen LogP contribution in [0.15, 0.2) is 53.4 Å². The predicted octanol–water partition coefficient (Wildman–Crippen LogP) is 4.21. The second-order valence-electron chi connectivity index (χ2n) is 6.87. The van der Waals surface area contributed by atoms with Crippen molar-refractivity contribution in [3.8, 4) is 5.75 Å². The summed E-state index contributed by atoms with van der Waals surface area (Å²) >= 11 is 5.95. The van der Waals surface area contributed by atoms with Crippen molar-refractivity contribution in [2.75, 3.05) is 6.54 Å². The SMILES string of the molecule is CC(C)CN(Cc1cccc(OS(=O)(=O)c2ccc(F)cc2)c1)C(=O)[C@H](C)Cl. The molecule has 0 aliphatic carbocycles. The standard InChI is InChI=1S/C20H23ClFNO4S/c1-14(2)12-23(20(24)15(3)21)13-16-5-4-6-18(11-16)27-28(25,26)19-9-7-17(22)8-10-19/h4-11,14-15H,12-13H2,1-3H3/t15-/m0/s1. The number of nitrogens with zero attached hydrogens (tertiary/aromatic N) is 1. The number of carbonyl (C=O) groups excluding carboxylic acids is 1. The van der Waals surface area contributed by atoms with E-state index in [0.29, 0.717) is 12.1 Å². The molecule has 0 radical (unpaired) electrons. The number of hydrogen-bond donors (Lipinski definition) is 0. The van der Waals surface area contributed by atoms with Gasteiger partial charge in [-0.05, 0) is 54.8 Å². The Bertz CT molecular complexity index is 914. The minimum atomic E-state index is -4.09. The van der Waals surface area contributed by atoms with Gasteiger partial charge in [0, 0.05) is 13.1 Å². The first-order chi connectivity index (χ1) is 13.1. The van der Waals surface area contributed by atoms with E-state index in [4.69, 9.17) is 15.8 Å². The first kappa shape index (κ1) is 22.2. The minimum Gasteiger partial charge on any atom is -0.379 e. The fourth-order valence-electron chi connectivity index (χ4n) is 2.62. The number of carbonyl (C=O) groups is 1. The lowest BCUT2D eigenvalue weighted by atomic mass is 10.1. The molecule has 0 fully saturated rings. The maximum Gasteiger partial charge on any atom is 0.339 e. The van der Waals surface area contributed by atoms with Crippen molar-refractivity contribution in [3.63, 3.8) is 0 Å². The van der Waals surface area contributed by atoms with Gasteiger partial charge >= 0.3 is 10.1 Å². The molecule has 28 heavy (non-hydrogen) atoms. The van der Waals surface area contributed by atoms with Crippen molar-refractivity contribution in [1.29, 1.82) is 0 Å². The fourth-order valence-corrected chi connectivity index (χ4v) is 3.68. The van der Waals surface area contributed by atoms with E-state index in [1.54, 1.807) is 30.0 Å². The zero-order valence-electron chi connectivity index (χ0n) is 15.9. The number of rotatable bonds is 8. The average molecular weight is 428 g/mol. The molecular formula is C20H23ClFNO4S. The highest BCUT2D eigenvalue weighted by Gasteiger charge is 2.21. The minimum absolute atomic E-state index is 0.109. The quantitative estimate of drug-likeness (QED) is 0.467. The molecule has 1 amide bonds. The summed E-state index contributed by atoms with van der Waals surface area (Å²) in [5, 5.41) is -0.656. The average Bonchev–Trinajstić information content (AvgIpc) is 2.60. The Hall–Kier alpha value is -2.12. The van der Waals surface area contributed by atoms with E-state index >= 15 is 0 Å². The van der Waals surface area contributed by atoms with Crippen molar-refractivity contribution < 1.29 is 21.8 Å². The second-order valence-corrected chi connectivity index (χ2v) is 9.07. The van der Waals surface area contributed by atoms with Crippen LogP contribution < -0.4 is 4.18 Å². The van der Waals surface area contributed by atoms with E-state index in [-0.39, 0.29) is 29.0 Å².